The van der Waals surface area contributed by atoms with Crippen LogP contribution in [0.2, 0.25) is 0 Å². The van der Waals surface area contributed by atoms with Gasteiger partial charge < -0.3 is 5.73 Å². The third-order valence-corrected chi connectivity index (χ3v) is 3.93. The summed E-state index contributed by atoms with van der Waals surface area (Å²) in [7, 11) is 0. The molecule has 1 fully saturated rings. The predicted octanol–water partition coefficient (Wildman–Crippen LogP) is 3.01. The Balaban J connectivity index is 2.20. The van der Waals surface area contributed by atoms with E-state index in [1.54, 1.807) is 6.07 Å². The maximum atomic E-state index is 12.9. The summed E-state index contributed by atoms with van der Waals surface area (Å²) in [5.41, 5.74) is 6.80. The molecule has 3 rings (SSSR count). The van der Waals surface area contributed by atoms with Gasteiger partial charge in [0.1, 0.15) is 0 Å². The highest BCUT2D eigenvalue weighted by Gasteiger charge is 2.48. The molecule has 0 spiro atoms. The van der Waals surface area contributed by atoms with Crippen LogP contribution in [0.5, 0.6) is 0 Å². The standard InChI is InChI=1S/C12H12F3N/c13-12(14,15)9-3-1-2-6-7-4-5-8(10(6)9)11(7)16/h1-3,7-8,11H,4-5,16H2/t7?,8?,11-/m0/s1. The normalized spacial score (nSPS) is 31.9. The fourth-order valence-electron chi connectivity index (χ4n) is 3.29. The van der Waals surface area contributed by atoms with E-state index in [2.05, 4.69) is 0 Å². The van der Waals surface area contributed by atoms with E-state index in [1.165, 1.54) is 12.1 Å². The molecule has 2 bridgehead atoms. The molecular formula is C12H12F3N. The maximum Gasteiger partial charge on any atom is 0.416 e. The summed E-state index contributed by atoms with van der Waals surface area (Å²) in [4.78, 5) is 0. The minimum absolute atomic E-state index is 0.0853. The molecule has 2 N–H and O–H groups in total. The van der Waals surface area contributed by atoms with E-state index in [0.717, 1.165) is 18.4 Å². The first-order valence-corrected chi connectivity index (χ1v) is 5.45. The highest BCUT2D eigenvalue weighted by atomic mass is 19.4. The quantitative estimate of drug-likeness (QED) is 0.724. The van der Waals surface area contributed by atoms with Crippen LogP contribution in [-0.2, 0) is 6.18 Å². The molecular weight excluding hydrogens is 215 g/mol. The number of nitrogens with two attached hydrogens (primary N) is 1. The van der Waals surface area contributed by atoms with E-state index in [9.17, 15) is 13.2 Å². The molecule has 2 unspecified atom stereocenters. The average molecular weight is 227 g/mol. The molecule has 0 amide bonds. The van der Waals surface area contributed by atoms with Gasteiger partial charge in [-0.2, -0.15) is 13.2 Å². The first kappa shape index (κ1) is 10.1. The number of hydrogen-bond acceptors (Lipinski definition) is 1. The Morgan fingerprint density at radius 1 is 1.12 bits per heavy atom. The van der Waals surface area contributed by atoms with Crippen molar-refractivity contribution < 1.29 is 13.2 Å². The molecule has 0 aromatic heterocycles. The van der Waals surface area contributed by atoms with E-state index in [-0.39, 0.29) is 17.9 Å². The van der Waals surface area contributed by atoms with E-state index in [0.29, 0.717) is 5.56 Å². The Bertz CT molecular complexity index is 438. The summed E-state index contributed by atoms with van der Waals surface area (Å²) in [5.74, 6) is 0.0557. The Morgan fingerprint density at radius 3 is 2.50 bits per heavy atom. The van der Waals surface area contributed by atoms with Crippen molar-refractivity contribution in [3.8, 4) is 0 Å². The molecule has 0 radical (unpaired) electrons. The molecule has 2 aliphatic rings. The van der Waals surface area contributed by atoms with E-state index >= 15 is 0 Å². The van der Waals surface area contributed by atoms with Crippen LogP contribution in [0.15, 0.2) is 18.2 Å². The van der Waals surface area contributed by atoms with Crippen LogP contribution in [0, 0.1) is 0 Å². The summed E-state index contributed by atoms with van der Waals surface area (Å²) >= 11 is 0. The third kappa shape index (κ3) is 1.16. The van der Waals surface area contributed by atoms with Crippen molar-refractivity contribution in [1.29, 1.82) is 0 Å². The van der Waals surface area contributed by atoms with Crippen LogP contribution in [0.1, 0.15) is 41.4 Å². The zero-order valence-electron chi connectivity index (χ0n) is 8.59. The first-order valence-electron chi connectivity index (χ1n) is 5.45. The van der Waals surface area contributed by atoms with Gasteiger partial charge in [-0.1, -0.05) is 12.1 Å². The number of hydrogen-bond donors (Lipinski definition) is 1. The zero-order valence-corrected chi connectivity index (χ0v) is 8.59. The number of alkyl halides is 3. The fourth-order valence-corrected chi connectivity index (χ4v) is 3.29. The van der Waals surface area contributed by atoms with E-state index in [1.807, 2.05) is 0 Å². The van der Waals surface area contributed by atoms with Crippen molar-refractivity contribution in [2.75, 3.05) is 0 Å². The highest BCUT2D eigenvalue weighted by Crippen LogP contribution is 2.55. The molecule has 1 aromatic carbocycles. The second-order valence-corrected chi connectivity index (χ2v) is 4.67. The van der Waals surface area contributed by atoms with Crippen LogP contribution in [0.25, 0.3) is 0 Å². The van der Waals surface area contributed by atoms with Gasteiger partial charge in [-0.05, 0) is 36.0 Å². The largest absolute Gasteiger partial charge is 0.416 e. The zero-order chi connectivity index (χ0) is 11.5. The lowest BCUT2D eigenvalue weighted by Crippen LogP contribution is -2.23. The minimum atomic E-state index is -4.25. The SMILES string of the molecule is N[C@H]1C2CCC1c1c2cccc1C(F)(F)F. The van der Waals surface area contributed by atoms with Crippen molar-refractivity contribution >= 4 is 0 Å². The average Bonchev–Trinajstić information content (AvgIpc) is 2.71. The van der Waals surface area contributed by atoms with Gasteiger partial charge in [0, 0.05) is 12.0 Å². The molecule has 0 saturated heterocycles. The second kappa shape index (κ2) is 3.00. The van der Waals surface area contributed by atoms with Crippen molar-refractivity contribution in [2.45, 2.75) is 36.9 Å². The van der Waals surface area contributed by atoms with Gasteiger partial charge in [-0.3, -0.25) is 0 Å². The Morgan fingerprint density at radius 2 is 1.81 bits per heavy atom. The molecule has 0 aliphatic heterocycles. The summed E-state index contributed by atoms with van der Waals surface area (Å²) in [5, 5.41) is 0. The molecule has 86 valence electrons. The van der Waals surface area contributed by atoms with Gasteiger partial charge in [0.25, 0.3) is 0 Å². The summed E-state index contributed by atoms with van der Waals surface area (Å²) < 4.78 is 38.6. The fraction of sp³-hybridized carbons (Fsp3) is 0.500. The van der Waals surface area contributed by atoms with Crippen molar-refractivity contribution in [3.05, 3.63) is 34.9 Å². The monoisotopic (exact) mass is 227 g/mol. The molecule has 4 heteroatoms. The van der Waals surface area contributed by atoms with Crippen molar-refractivity contribution in [1.82, 2.24) is 0 Å². The highest BCUT2D eigenvalue weighted by molar-refractivity contribution is 5.49. The molecule has 1 saturated carbocycles. The van der Waals surface area contributed by atoms with Crippen LogP contribution in [-0.4, -0.2) is 6.04 Å². The van der Waals surface area contributed by atoms with Crippen LogP contribution in [0.3, 0.4) is 0 Å². The van der Waals surface area contributed by atoms with Crippen LogP contribution >= 0.6 is 0 Å². The van der Waals surface area contributed by atoms with Gasteiger partial charge in [-0.25, -0.2) is 0 Å². The molecule has 1 nitrogen and oxygen atoms in total. The van der Waals surface area contributed by atoms with Gasteiger partial charge in [-0.15, -0.1) is 0 Å². The van der Waals surface area contributed by atoms with E-state index < -0.39 is 11.7 Å². The summed E-state index contributed by atoms with van der Waals surface area (Å²) in [6.07, 6.45) is -2.53. The lowest BCUT2D eigenvalue weighted by Gasteiger charge is -2.19. The summed E-state index contributed by atoms with van der Waals surface area (Å²) in [6, 6.07) is 4.36. The smallest absolute Gasteiger partial charge is 0.327 e. The number of rotatable bonds is 0. The topological polar surface area (TPSA) is 26.0 Å². The number of benzene rings is 1. The number of halogens is 3. The summed E-state index contributed by atoms with van der Waals surface area (Å²) in [6.45, 7) is 0. The first-order chi connectivity index (χ1) is 7.50. The van der Waals surface area contributed by atoms with Gasteiger partial charge in [0.05, 0.1) is 5.56 Å². The molecule has 1 aromatic rings. The van der Waals surface area contributed by atoms with Crippen molar-refractivity contribution in [3.63, 3.8) is 0 Å². The minimum Gasteiger partial charge on any atom is -0.327 e. The van der Waals surface area contributed by atoms with Gasteiger partial charge in [0.2, 0.25) is 0 Å². The molecule has 0 heterocycles. The van der Waals surface area contributed by atoms with Crippen LogP contribution in [0.4, 0.5) is 13.2 Å². The second-order valence-electron chi connectivity index (χ2n) is 4.67. The molecule has 2 aliphatic carbocycles. The van der Waals surface area contributed by atoms with E-state index in [4.69, 9.17) is 5.73 Å². The predicted molar refractivity (Wildman–Crippen MR) is 54.1 cm³/mol. The lowest BCUT2D eigenvalue weighted by molar-refractivity contribution is -0.138. The van der Waals surface area contributed by atoms with Crippen LogP contribution < -0.4 is 5.73 Å². The third-order valence-electron chi connectivity index (χ3n) is 3.93. The molecule has 16 heavy (non-hydrogen) atoms. The van der Waals surface area contributed by atoms with Crippen molar-refractivity contribution in [2.24, 2.45) is 5.73 Å². The lowest BCUT2D eigenvalue weighted by atomic mass is 9.88. The Hall–Kier alpha value is -1.03. The van der Waals surface area contributed by atoms with Gasteiger partial charge in [0.15, 0.2) is 0 Å². The number of fused-ring (bicyclic) bond motifs is 5. The maximum absolute atomic E-state index is 12.9. The molecule has 3 atom stereocenters. The Labute approximate surface area is 91.4 Å². The van der Waals surface area contributed by atoms with Gasteiger partial charge >= 0.3 is 6.18 Å². The Kier molecular flexibility index (Phi) is 1.90.